The molecule has 0 aromatic heterocycles. The predicted molar refractivity (Wildman–Crippen MR) is 110 cm³/mol. The Morgan fingerprint density at radius 2 is 1.63 bits per heavy atom. The fourth-order valence-electron chi connectivity index (χ4n) is 3.88. The van der Waals surface area contributed by atoms with Gasteiger partial charge in [0, 0.05) is 11.3 Å². The lowest BCUT2D eigenvalue weighted by atomic mass is 10.0. The lowest BCUT2D eigenvalue weighted by Gasteiger charge is -2.29. The maximum atomic E-state index is 12.5. The third-order valence-electron chi connectivity index (χ3n) is 5.90. The van der Waals surface area contributed by atoms with Gasteiger partial charge in [0.25, 0.3) is 5.91 Å². The van der Waals surface area contributed by atoms with E-state index in [0.29, 0.717) is 6.54 Å². The second kappa shape index (κ2) is 8.68. The Morgan fingerprint density at radius 3 is 2.37 bits per heavy atom. The first-order chi connectivity index (χ1) is 12.9. The average molecular weight is 368 g/mol. The van der Waals surface area contributed by atoms with E-state index in [1.165, 1.54) is 27.2 Å². The molecule has 1 amide bonds. The SMILES string of the molecule is Cc1ccc(C)c(C[NH+]2CC[NH+](CC(=O)Nc3cccc(C)c3C)CC2)c1. The van der Waals surface area contributed by atoms with Gasteiger partial charge in [-0.2, -0.15) is 0 Å². The number of amides is 1. The molecule has 4 nitrogen and oxygen atoms in total. The van der Waals surface area contributed by atoms with Crippen LogP contribution in [0.3, 0.4) is 0 Å². The van der Waals surface area contributed by atoms with Crippen molar-refractivity contribution in [3.05, 3.63) is 64.2 Å². The normalized spacial score (nSPS) is 19.7. The van der Waals surface area contributed by atoms with Crippen LogP contribution in [0.5, 0.6) is 0 Å². The molecular formula is C23H33N3O+2. The molecule has 2 aromatic rings. The van der Waals surface area contributed by atoms with Gasteiger partial charge in [-0.3, -0.25) is 4.79 Å². The molecule has 4 heteroatoms. The summed E-state index contributed by atoms with van der Waals surface area (Å²) in [5.74, 6) is 0.122. The van der Waals surface area contributed by atoms with Crippen molar-refractivity contribution >= 4 is 11.6 Å². The molecular weight excluding hydrogens is 334 g/mol. The second-order valence-electron chi connectivity index (χ2n) is 8.08. The van der Waals surface area contributed by atoms with E-state index in [-0.39, 0.29) is 5.91 Å². The van der Waals surface area contributed by atoms with E-state index in [4.69, 9.17) is 0 Å². The Bertz CT molecular complexity index is 807. The van der Waals surface area contributed by atoms with Gasteiger partial charge in [-0.25, -0.2) is 0 Å². The smallest absolute Gasteiger partial charge is 0.279 e. The molecule has 0 radical (unpaired) electrons. The molecule has 144 valence electrons. The minimum atomic E-state index is 0.122. The highest BCUT2D eigenvalue weighted by Gasteiger charge is 2.25. The van der Waals surface area contributed by atoms with E-state index in [2.05, 4.69) is 57.3 Å². The summed E-state index contributed by atoms with van der Waals surface area (Å²) < 4.78 is 0. The summed E-state index contributed by atoms with van der Waals surface area (Å²) in [4.78, 5) is 15.5. The zero-order valence-corrected chi connectivity index (χ0v) is 17.1. The Kier molecular flexibility index (Phi) is 6.30. The molecule has 3 N–H and O–H groups in total. The standard InChI is InChI=1S/C23H31N3O/c1-17-8-9-19(3)21(14-17)15-25-10-12-26(13-11-25)16-23(27)24-22-7-5-6-18(2)20(22)4/h5-9,14H,10-13,15-16H2,1-4H3,(H,24,27)/p+2. The maximum absolute atomic E-state index is 12.5. The van der Waals surface area contributed by atoms with Crippen molar-refractivity contribution in [1.82, 2.24) is 0 Å². The Hall–Kier alpha value is -2.17. The first kappa shape index (κ1) is 19.6. The van der Waals surface area contributed by atoms with Crippen LogP contribution in [0, 0.1) is 27.7 Å². The molecule has 1 fully saturated rings. The molecule has 1 heterocycles. The second-order valence-corrected chi connectivity index (χ2v) is 8.08. The van der Waals surface area contributed by atoms with Crippen LogP contribution >= 0.6 is 0 Å². The first-order valence-corrected chi connectivity index (χ1v) is 10.0. The fraction of sp³-hybridized carbons (Fsp3) is 0.435. The highest BCUT2D eigenvalue weighted by Crippen LogP contribution is 2.17. The van der Waals surface area contributed by atoms with E-state index in [0.717, 1.165) is 44.0 Å². The van der Waals surface area contributed by atoms with Crippen LogP contribution in [0.2, 0.25) is 0 Å². The summed E-state index contributed by atoms with van der Waals surface area (Å²) in [6.45, 7) is 14.5. The number of piperazine rings is 1. The van der Waals surface area contributed by atoms with E-state index in [1.807, 2.05) is 12.1 Å². The van der Waals surface area contributed by atoms with Crippen molar-refractivity contribution in [3.8, 4) is 0 Å². The minimum Gasteiger partial charge on any atom is -0.322 e. The van der Waals surface area contributed by atoms with Crippen LogP contribution in [0.25, 0.3) is 0 Å². The number of nitrogens with one attached hydrogen (secondary N) is 3. The third-order valence-corrected chi connectivity index (χ3v) is 5.90. The summed E-state index contributed by atoms with van der Waals surface area (Å²) >= 11 is 0. The van der Waals surface area contributed by atoms with E-state index in [9.17, 15) is 4.79 Å². The highest BCUT2D eigenvalue weighted by molar-refractivity contribution is 5.92. The maximum Gasteiger partial charge on any atom is 0.279 e. The topological polar surface area (TPSA) is 38.0 Å². The van der Waals surface area contributed by atoms with Crippen molar-refractivity contribution in [3.63, 3.8) is 0 Å². The van der Waals surface area contributed by atoms with Gasteiger partial charge < -0.3 is 15.1 Å². The molecule has 1 aliphatic rings. The lowest BCUT2D eigenvalue weighted by molar-refractivity contribution is -1.02. The quantitative estimate of drug-likeness (QED) is 0.720. The van der Waals surface area contributed by atoms with Gasteiger partial charge >= 0.3 is 0 Å². The lowest BCUT2D eigenvalue weighted by Crippen LogP contribution is -3.28. The number of benzene rings is 2. The number of hydrogen-bond donors (Lipinski definition) is 3. The Balaban J connectivity index is 1.48. The number of carbonyl (C=O) groups excluding carboxylic acids is 1. The molecule has 0 atom stereocenters. The molecule has 3 rings (SSSR count). The van der Waals surface area contributed by atoms with Gasteiger partial charge in [-0.05, 0) is 50.5 Å². The van der Waals surface area contributed by atoms with Crippen LogP contribution in [-0.2, 0) is 11.3 Å². The molecule has 2 aromatic carbocycles. The molecule has 0 saturated carbocycles. The van der Waals surface area contributed by atoms with Crippen molar-refractivity contribution < 1.29 is 14.6 Å². The van der Waals surface area contributed by atoms with Crippen molar-refractivity contribution in [2.45, 2.75) is 34.2 Å². The number of hydrogen-bond acceptors (Lipinski definition) is 1. The largest absolute Gasteiger partial charge is 0.322 e. The summed E-state index contributed by atoms with van der Waals surface area (Å²) in [6.07, 6.45) is 0. The molecule has 0 aliphatic carbocycles. The van der Waals surface area contributed by atoms with Gasteiger partial charge in [-0.1, -0.05) is 35.9 Å². The summed E-state index contributed by atoms with van der Waals surface area (Å²) in [7, 11) is 0. The van der Waals surface area contributed by atoms with Gasteiger partial charge in [0.05, 0.1) is 0 Å². The fourth-order valence-corrected chi connectivity index (χ4v) is 3.88. The Labute approximate surface area is 163 Å². The predicted octanol–water partition coefficient (Wildman–Crippen LogP) is 0.842. The van der Waals surface area contributed by atoms with Crippen LogP contribution in [0.1, 0.15) is 27.8 Å². The van der Waals surface area contributed by atoms with Crippen LogP contribution in [0.4, 0.5) is 5.69 Å². The van der Waals surface area contributed by atoms with E-state index >= 15 is 0 Å². The number of carbonyl (C=O) groups is 1. The van der Waals surface area contributed by atoms with Crippen LogP contribution < -0.4 is 15.1 Å². The van der Waals surface area contributed by atoms with Gasteiger partial charge in [0.15, 0.2) is 6.54 Å². The Morgan fingerprint density at radius 1 is 0.926 bits per heavy atom. The molecule has 1 aliphatic heterocycles. The van der Waals surface area contributed by atoms with Crippen molar-refractivity contribution in [2.75, 3.05) is 38.0 Å². The molecule has 0 spiro atoms. The third kappa shape index (κ3) is 5.18. The van der Waals surface area contributed by atoms with Crippen LogP contribution in [-0.4, -0.2) is 38.6 Å². The minimum absolute atomic E-state index is 0.122. The highest BCUT2D eigenvalue weighted by atomic mass is 16.2. The summed E-state index contributed by atoms with van der Waals surface area (Å²) in [5.41, 5.74) is 7.49. The molecule has 1 saturated heterocycles. The van der Waals surface area contributed by atoms with Gasteiger partial charge in [0.1, 0.15) is 32.7 Å². The summed E-state index contributed by atoms with van der Waals surface area (Å²) in [6, 6.07) is 12.8. The van der Waals surface area contributed by atoms with Crippen molar-refractivity contribution in [2.24, 2.45) is 0 Å². The molecule has 0 bridgehead atoms. The van der Waals surface area contributed by atoms with Crippen molar-refractivity contribution in [1.29, 1.82) is 0 Å². The zero-order valence-electron chi connectivity index (χ0n) is 17.1. The monoisotopic (exact) mass is 367 g/mol. The molecule has 27 heavy (non-hydrogen) atoms. The molecule has 0 unspecified atom stereocenters. The van der Waals surface area contributed by atoms with Gasteiger partial charge in [-0.15, -0.1) is 0 Å². The zero-order chi connectivity index (χ0) is 19.4. The number of anilines is 1. The first-order valence-electron chi connectivity index (χ1n) is 10.0. The van der Waals surface area contributed by atoms with Crippen LogP contribution in [0.15, 0.2) is 36.4 Å². The number of rotatable bonds is 5. The number of aryl methyl sites for hydroxylation is 3. The average Bonchev–Trinajstić information content (AvgIpc) is 2.64. The number of quaternary nitrogens is 2. The summed E-state index contributed by atoms with van der Waals surface area (Å²) in [5, 5.41) is 3.10. The van der Waals surface area contributed by atoms with E-state index < -0.39 is 0 Å². The van der Waals surface area contributed by atoms with E-state index in [1.54, 1.807) is 4.90 Å². The van der Waals surface area contributed by atoms with Gasteiger partial charge in [0.2, 0.25) is 0 Å².